The molecule has 0 unspecified atom stereocenters. The zero-order valence-corrected chi connectivity index (χ0v) is 15.6. The van der Waals surface area contributed by atoms with E-state index in [1.165, 1.54) is 6.42 Å². The number of anilines is 2. The molecule has 0 aliphatic carbocycles. The number of aromatic nitrogens is 2. The molecule has 136 valence electrons. The second-order valence-electron chi connectivity index (χ2n) is 5.84. The first-order valence-corrected chi connectivity index (χ1v) is 8.98. The van der Waals surface area contributed by atoms with Crippen LogP contribution in [0.2, 0.25) is 0 Å². The van der Waals surface area contributed by atoms with Crippen molar-refractivity contribution in [1.82, 2.24) is 14.9 Å². The van der Waals surface area contributed by atoms with Gasteiger partial charge in [-0.1, -0.05) is 12.5 Å². The minimum atomic E-state index is -0.509. The second-order valence-corrected chi connectivity index (χ2v) is 6.69. The van der Waals surface area contributed by atoms with Crippen LogP contribution in [0.15, 0.2) is 34.9 Å². The number of hydrogen-bond acceptors (Lipinski definition) is 7. The standard InChI is InChI=1S/C18H19BrN4O3/c1-2-25-17-16(19)10-20-18(22-17)21-13-5-3-6-15(9-13)26-12-14(24)11-23-7-4-8-23/h1,3,5-6,9-10,14,24H,4,7-8,11-12H2,(H,20,21,22)/t14-/m0/s1. The molecule has 1 saturated heterocycles. The smallest absolute Gasteiger partial charge is 0.249 e. The molecular formula is C18H19BrN4O3. The van der Waals surface area contributed by atoms with Crippen LogP contribution >= 0.6 is 15.9 Å². The first-order chi connectivity index (χ1) is 12.6. The number of hydrogen-bond donors (Lipinski definition) is 2. The number of ether oxygens (including phenoxy) is 2. The molecule has 2 N–H and O–H groups in total. The fourth-order valence-corrected chi connectivity index (χ4v) is 2.71. The first-order valence-electron chi connectivity index (χ1n) is 8.19. The van der Waals surface area contributed by atoms with E-state index in [0.717, 1.165) is 18.8 Å². The Labute approximate surface area is 160 Å². The van der Waals surface area contributed by atoms with Crippen molar-refractivity contribution in [3.05, 3.63) is 34.9 Å². The molecular weight excluding hydrogens is 400 g/mol. The third-order valence-corrected chi connectivity index (χ3v) is 4.36. The van der Waals surface area contributed by atoms with Crippen molar-refractivity contribution in [3.63, 3.8) is 0 Å². The van der Waals surface area contributed by atoms with Crippen LogP contribution in [0.25, 0.3) is 0 Å². The van der Waals surface area contributed by atoms with E-state index in [-0.39, 0.29) is 12.5 Å². The summed E-state index contributed by atoms with van der Waals surface area (Å²) in [7, 11) is 0. The fourth-order valence-electron chi connectivity index (χ4n) is 2.44. The van der Waals surface area contributed by atoms with Crippen LogP contribution in [0.5, 0.6) is 11.6 Å². The van der Waals surface area contributed by atoms with Gasteiger partial charge in [-0.2, -0.15) is 4.98 Å². The van der Waals surface area contributed by atoms with E-state index in [4.69, 9.17) is 15.9 Å². The number of aliphatic hydroxyl groups excluding tert-OH is 1. The lowest BCUT2D eigenvalue weighted by Gasteiger charge is -2.32. The van der Waals surface area contributed by atoms with Gasteiger partial charge < -0.3 is 24.8 Å². The number of aliphatic hydroxyl groups is 1. The Morgan fingerprint density at radius 1 is 1.42 bits per heavy atom. The van der Waals surface area contributed by atoms with Crippen molar-refractivity contribution in [2.45, 2.75) is 12.5 Å². The number of nitrogens with one attached hydrogen (secondary N) is 1. The predicted molar refractivity (Wildman–Crippen MR) is 101 cm³/mol. The number of β-amino-alcohol motifs (C(OH)–C–C–N with tert-alkyl or cyclic N) is 1. The molecule has 2 aromatic rings. The molecule has 0 radical (unpaired) electrons. The average Bonchev–Trinajstić information content (AvgIpc) is 2.60. The highest BCUT2D eigenvalue weighted by Gasteiger charge is 2.17. The van der Waals surface area contributed by atoms with Gasteiger partial charge in [0.1, 0.15) is 24.6 Å². The molecule has 8 heteroatoms. The van der Waals surface area contributed by atoms with Crippen molar-refractivity contribution < 1.29 is 14.6 Å². The van der Waals surface area contributed by atoms with Crippen LogP contribution in [0.1, 0.15) is 6.42 Å². The third-order valence-electron chi connectivity index (χ3n) is 3.82. The number of rotatable bonds is 8. The molecule has 0 spiro atoms. The van der Waals surface area contributed by atoms with Crippen LogP contribution in [-0.4, -0.2) is 52.3 Å². The maximum Gasteiger partial charge on any atom is 0.249 e. The normalized spacial score (nSPS) is 14.8. The van der Waals surface area contributed by atoms with Gasteiger partial charge in [0.2, 0.25) is 11.8 Å². The Balaban J connectivity index is 1.58. The Kier molecular flexibility index (Phi) is 6.28. The van der Waals surface area contributed by atoms with Gasteiger partial charge in [0, 0.05) is 18.3 Å². The van der Waals surface area contributed by atoms with Crippen molar-refractivity contribution in [2.75, 3.05) is 31.6 Å². The van der Waals surface area contributed by atoms with Gasteiger partial charge in [0.15, 0.2) is 0 Å². The summed E-state index contributed by atoms with van der Waals surface area (Å²) in [5, 5.41) is 13.1. The predicted octanol–water partition coefficient (Wildman–Crippen LogP) is 2.40. The first kappa shape index (κ1) is 18.5. The minimum Gasteiger partial charge on any atom is -0.491 e. The van der Waals surface area contributed by atoms with E-state index < -0.39 is 6.10 Å². The molecule has 0 bridgehead atoms. The molecule has 1 aromatic heterocycles. The minimum absolute atomic E-state index is 0.245. The SMILES string of the molecule is C#COc1nc(Nc2cccc(OC[C@@H](O)CN3CCC3)c2)ncc1Br. The van der Waals surface area contributed by atoms with Gasteiger partial charge in [-0.25, -0.2) is 4.98 Å². The van der Waals surface area contributed by atoms with Crippen molar-refractivity contribution in [1.29, 1.82) is 0 Å². The maximum absolute atomic E-state index is 10.0. The fraction of sp³-hybridized carbons (Fsp3) is 0.333. The largest absolute Gasteiger partial charge is 0.491 e. The molecule has 1 aliphatic heterocycles. The lowest BCUT2D eigenvalue weighted by molar-refractivity contribution is 0.0467. The Morgan fingerprint density at radius 2 is 2.27 bits per heavy atom. The summed E-state index contributed by atoms with van der Waals surface area (Å²) in [5.74, 6) is 1.25. The van der Waals surface area contributed by atoms with Crippen LogP contribution in [-0.2, 0) is 0 Å². The number of terminal acetylenes is 1. The van der Waals surface area contributed by atoms with E-state index in [9.17, 15) is 5.11 Å². The molecule has 2 heterocycles. The molecule has 1 atom stereocenters. The molecule has 1 fully saturated rings. The number of benzene rings is 1. The number of likely N-dealkylation sites (tertiary alicyclic amines) is 1. The highest BCUT2D eigenvalue weighted by molar-refractivity contribution is 9.10. The van der Waals surface area contributed by atoms with Crippen LogP contribution in [0.3, 0.4) is 0 Å². The average molecular weight is 419 g/mol. The summed E-state index contributed by atoms with van der Waals surface area (Å²) in [6.45, 7) is 2.99. The summed E-state index contributed by atoms with van der Waals surface area (Å²) in [6.07, 6.45) is 9.46. The van der Waals surface area contributed by atoms with Gasteiger partial charge >= 0.3 is 0 Å². The molecule has 0 saturated carbocycles. The van der Waals surface area contributed by atoms with Crippen molar-refractivity contribution >= 4 is 27.6 Å². The lowest BCUT2D eigenvalue weighted by Crippen LogP contribution is -2.43. The van der Waals surface area contributed by atoms with E-state index >= 15 is 0 Å². The molecule has 7 nitrogen and oxygen atoms in total. The maximum atomic E-state index is 10.0. The summed E-state index contributed by atoms with van der Waals surface area (Å²) in [5.41, 5.74) is 0.744. The molecule has 1 aromatic carbocycles. The summed E-state index contributed by atoms with van der Waals surface area (Å²) >= 11 is 3.27. The summed E-state index contributed by atoms with van der Waals surface area (Å²) in [4.78, 5) is 10.6. The second kappa shape index (κ2) is 8.85. The van der Waals surface area contributed by atoms with Crippen LogP contribution in [0, 0.1) is 12.5 Å². The Morgan fingerprint density at radius 3 is 3.00 bits per heavy atom. The van der Waals surface area contributed by atoms with Gasteiger partial charge in [0.25, 0.3) is 0 Å². The van der Waals surface area contributed by atoms with Gasteiger partial charge in [-0.15, -0.1) is 0 Å². The summed E-state index contributed by atoms with van der Waals surface area (Å²) in [6, 6.07) is 7.34. The zero-order chi connectivity index (χ0) is 18.4. The van der Waals surface area contributed by atoms with Crippen molar-refractivity contribution in [3.8, 4) is 24.2 Å². The number of nitrogens with zero attached hydrogens (tertiary/aromatic N) is 3. The lowest BCUT2D eigenvalue weighted by atomic mass is 10.2. The molecule has 1 aliphatic rings. The van der Waals surface area contributed by atoms with E-state index in [0.29, 0.717) is 22.7 Å². The molecule has 26 heavy (non-hydrogen) atoms. The van der Waals surface area contributed by atoms with E-state index in [2.05, 4.69) is 42.2 Å². The van der Waals surface area contributed by atoms with E-state index in [1.54, 1.807) is 6.20 Å². The van der Waals surface area contributed by atoms with E-state index in [1.807, 2.05) is 24.3 Å². The van der Waals surface area contributed by atoms with Crippen LogP contribution in [0.4, 0.5) is 11.6 Å². The highest BCUT2D eigenvalue weighted by atomic mass is 79.9. The topological polar surface area (TPSA) is 79.7 Å². The third kappa shape index (κ3) is 5.08. The highest BCUT2D eigenvalue weighted by Crippen LogP contribution is 2.25. The quantitative estimate of drug-likeness (QED) is 0.637. The monoisotopic (exact) mass is 418 g/mol. The Hall–Kier alpha value is -2.34. The van der Waals surface area contributed by atoms with Gasteiger partial charge in [0.05, 0.1) is 10.7 Å². The molecule has 0 amide bonds. The van der Waals surface area contributed by atoms with Crippen LogP contribution < -0.4 is 14.8 Å². The zero-order valence-electron chi connectivity index (χ0n) is 14.1. The van der Waals surface area contributed by atoms with Crippen molar-refractivity contribution in [2.24, 2.45) is 0 Å². The number of halogens is 1. The summed E-state index contributed by atoms with van der Waals surface area (Å²) < 4.78 is 11.2. The van der Waals surface area contributed by atoms with Gasteiger partial charge in [-0.3, -0.25) is 0 Å². The Bertz CT molecular complexity index is 792. The van der Waals surface area contributed by atoms with Gasteiger partial charge in [-0.05, 0) is 47.6 Å². The molecule has 3 rings (SSSR count).